The number of rotatable bonds is 3. The molecule has 29 heavy (non-hydrogen) atoms. The van der Waals surface area contributed by atoms with Crippen LogP contribution in [0.25, 0.3) is 11.0 Å². The van der Waals surface area contributed by atoms with Gasteiger partial charge in [0.2, 0.25) is 0 Å². The normalized spacial score (nSPS) is 29.3. The molecule has 0 spiro atoms. The number of nitrogens with zero attached hydrogens (tertiary/aromatic N) is 3. The van der Waals surface area contributed by atoms with Crippen LogP contribution in [0.4, 0.5) is 0 Å². The molecule has 1 aliphatic carbocycles. The first-order valence-electron chi connectivity index (χ1n) is 9.67. The summed E-state index contributed by atoms with van der Waals surface area (Å²) >= 11 is 3.57. The van der Waals surface area contributed by atoms with E-state index in [9.17, 15) is 9.90 Å². The lowest BCUT2D eigenvalue weighted by Crippen LogP contribution is -2.51. The van der Waals surface area contributed by atoms with E-state index in [1.807, 2.05) is 18.3 Å². The van der Waals surface area contributed by atoms with Crippen LogP contribution in [0, 0.1) is 17.2 Å². The Hall–Kier alpha value is -2.68. The lowest BCUT2D eigenvalue weighted by atomic mass is 9.80. The molecule has 2 aromatic rings. The minimum absolute atomic E-state index is 0.145. The van der Waals surface area contributed by atoms with E-state index in [0.717, 1.165) is 35.3 Å². The van der Waals surface area contributed by atoms with Crippen molar-refractivity contribution in [2.75, 3.05) is 0 Å². The summed E-state index contributed by atoms with van der Waals surface area (Å²) in [5.74, 6) is 0.155. The van der Waals surface area contributed by atoms with Crippen LogP contribution in [0.3, 0.4) is 0 Å². The maximum absolute atomic E-state index is 11.3. The first-order chi connectivity index (χ1) is 14.0. The Morgan fingerprint density at radius 1 is 1.34 bits per heavy atom. The number of aromatic nitrogens is 1. The van der Waals surface area contributed by atoms with Crippen molar-refractivity contribution in [3.05, 3.63) is 40.5 Å². The van der Waals surface area contributed by atoms with Crippen LogP contribution in [0.2, 0.25) is 0 Å². The minimum atomic E-state index is -0.712. The lowest BCUT2D eigenvalue weighted by molar-refractivity contribution is -0.143. The summed E-state index contributed by atoms with van der Waals surface area (Å²) in [5.41, 5.74) is 1.74. The summed E-state index contributed by atoms with van der Waals surface area (Å²) in [6.45, 7) is 0. The van der Waals surface area contributed by atoms with Gasteiger partial charge in [-0.05, 0) is 53.7 Å². The van der Waals surface area contributed by atoms with Gasteiger partial charge in [-0.15, -0.1) is 0 Å². The molecule has 150 valence electrons. The average Bonchev–Trinajstić information content (AvgIpc) is 3.34. The van der Waals surface area contributed by atoms with Crippen molar-refractivity contribution in [3.8, 4) is 0 Å². The standard InChI is InChI=1S/C20H20BrN5O3/c21-16-17(10-1-3-11(4-2-10)20(27)28)25-19-13(9-24-26(19)18(16)22)15-7-12-8-23-6-5-14(12)29-15/h5-11,13,19,22,25H,1-4H2,(H,27,28). The van der Waals surface area contributed by atoms with Crippen LogP contribution >= 0.6 is 15.9 Å². The summed E-state index contributed by atoms with van der Waals surface area (Å²) in [5, 5.41) is 28.4. The predicted molar refractivity (Wildman–Crippen MR) is 111 cm³/mol. The monoisotopic (exact) mass is 457 g/mol. The fraction of sp³-hybridized carbons (Fsp3) is 0.400. The molecule has 0 amide bonds. The van der Waals surface area contributed by atoms with Crippen molar-refractivity contribution >= 4 is 44.9 Å². The third-order valence-corrected chi connectivity index (χ3v) is 6.88. The van der Waals surface area contributed by atoms with Crippen molar-refractivity contribution in [3.63, 3.8) is 0 Å². The second-order valence-electron chi connectivity index (χ2n) is 7.75. The number of hydrogen-bond acceptors (Lipinski definition) is 6. The van der Waals surface area contributed by atoms with Gasteiger partial charge in [0.1, 0.15) is 17.5 Å². The molecule has 5 rings (SSSR count). The Morgan fingerprint density at radius 3 is 2.86 bits per heavy atom. The summed E-state index contributed by atoms with van der Waals surface area (Å²) in [7, 11) is 0. The predicted octanol–water partition coefficient (Wildman–Crippen LogP) is 3.62. The maximum Gasteiger partial charge on any atom is 0.306 e. The van der Waals surface area contributed by atoms with E-state index in [1.54, 1.807) is 17.4 Å². The molecule has 0 saturated heterocycles. The molecule has 1 saturated carbocycles. The first kappa shape index (κ1) is 18.4. The van der Waals surface area contributed by atoms with E-state index in [-0.39, 0.29) is 23.9 Å². The van der Waals surface area contributed by atoms with E-state index in [4.69, 9.17) is 9.83 Å². The molecule has 4 heterocycles. The van der Waals surface area contributed by atoms with E-state index < -0.39 is 5.97 Å². The molecule has 3 aliphatic rings. The van der Waals surface area contributed by atoms with Crippen molar-refractivity contribution in [1.82, 2.24) is 15.3 Å². The number of carbonyl (C=O) groups is 1. The Bertz CT molecular complexity index is 1020. The fourth-order valence-electron chi connectivity index (χ4n) is 4.47. The number of hydrogen-bond donors (Lipinski definition) is 3. The molecule has 3 N–H and O–H groups in total. The minimum Gasteiger partial charge on any atom is -0.481 e. The Morgan fingerprint density at radius 2 is 2.14 bits per heavy atom. The van der Waals surface area contributed by atoms with Gasteiger partial charge in [0.15, 0.2) is 5.84 Å². The van der Waals surface area contributed by atoms with Gasteiger partial charge in [-0.25, -0.2) is 5.01 Å². The quantitative estimate of drug-likeness (QED) is 0.648. The van der Waals surface area contributed by atoms with Gasteiger partial charge in [0.25, 0.3) is 0 Å². The van der Waals surface area contributed by atoms with Crippen molar-refractivity contribution in [2.45, 2.75) is 37.8 Å². The van der Waals surface area contributed by atoms with E-state index in [0.29, 0.717) is 23.2 Å². The van der Waals surface area contributed by atoms with Gasteiger partial charge in [-0.2, -0.15) is 5.10 Å². The first-order valence-corrected chi connectivity index (χ1v) is 10.5. The van der Waals surface area contributed by atoms with Crippen LogP contribution in [0.15, 0.2) is 44.2 Å². The van der Waals surface area contributed by atoms with Crippen molar-refractivity contribution in [2.24, 2.45) is 16.9 Å². The van der Waals surface area contributed by atoms with Crippen LogP contribution in [-0.2, 0) is 4.79 Å². The van der Waals surface area contributed by atoms with E-state index in [1.165, 1.54) is 0 Å². The molecule has 2 unspecified atom stereocenters. The van der Waals surface area contributed by atoms with Gasteiger partial charge in [-0.1, -0.05) is 0 Å². The summed E-state index contributed by atoms with van der Waals surface area (Å²) in [6.07, 6.45) is 7.92. The molecule has 0 radical (unpaired) electrons. The third kappa shape index (κ3) is 3.04. The molecular formula is C20H20BrN5O3. The molecule has 2 aromatic heterocycles. The van der Waals surface area contributed by atoms with Crippen LogP contribution in [0.1, 0.15) is 37.4 Å². The van der Waals surface area contributed by atoms with Gasteiger partial charge in [0.05, 0.1) is 16.3 Å². The molecule has 0 aromatic carbocycles. The van der Waals surface area contributed by atoms with Crippen LogP contribution in [-0.4, -0.2) is 39.3 Å². The second kappa shape index (κ2) is 6.98. The van der Waals surface area contributed by atoms with Gasteiger partial charge in [-0.3, -0.25) is 15.2 Å². The topological polar surface area (TPSA) is 115 Å². The zero-order valence-corrected chi connectivity index (χ0v) is 17.1. The molecular weight excluding hydrogens is 438 g/mol. The van der Waals surface area contributed by atoms with Gasteiger partial charge >= 0.3 is 5.97 Å². The van der Waals surface area contributed by atoms with Gasteiger partial charge < -0.3 is 14.8 Å². The van der Waals surface area contributed by atoms with E-state index in [2.05, 4.69) is 31.3 Å². The number of nitrogens with one attached hydrogen (secondary N) is 2. The molecule has 1 fully saturated rings. The van der Waals surface area contributed by atoms with Crippen molar-refractivity contribution < 1.29 is 14.3 Å². The molecule has 9 heteroatoms. The highest BCUT2D eigenvalue weighted by Gasteiger charge is 2.43. The average molecular weight is 458 g/mol. The summed E-state index contributed by atoms with van der Waals surface area (Å²) in [4.78, 5) is 15.4. The number of amidine groups is 1. The second-order valence-corrected chi connectivity index (χ2v) is 8.54. The van der Waals surface area contributed by atoms with Crippen LogP contribution < -0.4 is 5.32 Å². The molecule has 2 aliphatic heterocycles. The number of halogens is 1. The summed E-state index contributed by atoms with van der Waals surface area (Å²) in [6, 6.07) is 3.81. The number of fused-ring (bicyclic) bond motifs is 2. The van der Waals surface area contributed by atoms with Crippen molar-refractivity contribution in [1.29, 1.82) is 5.41 Å². The summed E-state index contributed by atoms with van der Waals surface area (Å²) < 4.78 is 6.72. The highest BCUT2D eigenvalue weighted by Crippen LogP contribution is 2.40. The van der Waals surface area contributed by atoms with E-state index >= 15 is 0 Å². The highest BCUT2D eigenvalue weighted by molar-refractivity contribution is 9.12. The Kier molecular flexibility index (Phi) is 4.42. The number of aliphatic carboxylic acids is 1. The maximum atomic E-state index is 11.3. The molecule has 2 atom stereocenters. The zero-order valence-electron chi connectivity index (χ0n) is 15.5. The number of furan rings is 1. The Labute approximate surface area is 175 Å². The number of hydrazone groups is 1. The van der Waals surface area contributed by atoms with Crippen LogP contribution in [0.5, 0.6) is 0 Å². The molecule has 8 nitrogen and oxygen atoms in total. The third-order valence-electron chi connectivity index (χ3n) is 6.08. The fourth-order valence-corrected chi connectivity index (χ4v) is 5.09. The Balaban J connectivity index is 1.41. The zero-order chi connectivity index (χ0) is 20.1. The number of carboxylic acid groups (broad SMARTS) is 1. The largest absolute Gasteiger partial charge is 0.481 e. The number of allylic oxidation sites excluding steroid dienone is 1. The molecule has 0 bridgehead atoms. The number of carboxylic acids is 1. The SMILES string of the molecule is N=C1C(Br)=C(C2CCC(C(=O)O)CC2)NC2C(c3cc4cnccc4o3)C=NN12. The van der Waals surface area contributed by atoms with Gasteiger partial charge in [0, 0.05) is 35.6 Å². The smallest absolute Gasteiger partial charge is 0.306 e. The highest BCUT2D eigenvalue weighted by atomic mass is 79.9. The number of pyridine rings is 1. The lowest BCUT2D eigenvalue weighted by Gasteiger charge is -2.39.